The molecule has 0 saturated heterocycles. The number of hydrogen-bond donors (Lipinski definition) is 2. The number of carbonyl (C=O) groups excluding carboxylic acids is 4. The molecule has 0 unspecified atom stereocenters. The van der Waals surface area contributed by atoms with Gasteiger partial charge in [-0.05, 0) is 30.5 Å². The van der Waals surface area contributed by atoms with E-state index >= 15 is 0 Å². The Morgan fingerprint density at radius 1 is 1.12 bits per heavy atom. The van der Waals surface area contributed by atoms with Crippen LogP contribution >= 0.6 is 22.9 Å². The van der Waals surface area contributed by atoms with Crippen molar-refractivity contribution in [3.05, 3.63) is 51.4 Å². The van der Waals surface area contributed by atoms with Crippen LogP contribution in [-0.4, -0.2) is 37.0 Å². The maximum absolute atomic E-state index is 12.4. The van der Waals surface area contributed by atoms with Gasteiger partial charge in [-0.3, -0.25) is 14.4 Å². The third-order valence-corrected chi connectivity index (χ3v) is 6.16. The molecule has 2 amide bonds. The second-order valence-corrected chi connectivity index (χ2v) is 8.95. The van der Waals surface area contributed by atoms with Crippen LogP contribution in [0.15, 0.2) is 30.3 Å². The second kappa shape index (κ2) is 12.4. The van der Waals surface area contributed by atoms with Crippen LogP contribution in [0, 0.1) is 0 Å². The van der Waals surface area contributed by atoms with E-state index in [-0.39, 0.29) is 30.4 Å². The molecule has 2 N–H and O–H groups in total. The second-order valence-electron chi connectivity index (χ2n) is 7.45. The highest BCUT2D eigenvalue weighted by molar-refractivity contribution is 7.16. The van der Waals surface area contributed by atoms with Gasteiger partial charge in [-0.25, -0.2) is 4.79 Å². The zero-order chi connectivity index (χ0) is 24.5. The Bertz CT molecular complexity index is 1020. The van der Waals surface area contributed by atoms with Gasteiger partial charge < -0.3 is 20.1 Å². The van der Waals surface area contributed by atoms with E-state index in [0.29, 0.717) is 15.6 Å². The molecule has 0 bridgehead atoms. The maximum Gasteiger partial charge on any atom is 0.341 e. The molecule has 8 nitrogen and oxygen atoms in total. The quantitative estimate of drug-likeness (QED) is 0.472. The summed E-state index contributed by atoms with van der Waals surface area (Å²) in [4.78, 5) is 49.4. The van der Waals surface area contributed by atoms with Gasteiger partial charge in [-0.1, -0.05) is 43.6 Å². The van der Waals surface area contributed by atoms with Crippen molar-refractivity contribution in [2.24, 2.45) is 0 Å². The van der Waals surface area contributed by atoms with Gasteiger partial charge in [0.1, 0.15) is 5.00 Å². The number of nitrogens with one attached hydrogen (secondary N) is 2. The molecule has 0 radical (unpaired) electrons. The van der Waals surface area contributed by atoms with E-state index in [1.165, 1.54) is 18.3 Å². The van der Waals surface area contributed by atoms with E-state index in [2.05, 4.69) is 10.6 Å². The lowest BCUT2D eigenvalue weighted by Crippen LogP contribution is -2.30. The number of carbonyl (C=O) groups is 4. The normalized spacial score (nSPS) is 11.6. The minimum absolute atomic E-state index is 0.155. The zero-order valence-corrected chi connectivity index (χ0v) is 20.5. The van der Waals surface area contributed by atoms with E-state index in [4.69, 9.17) is 21.1 Å². The van der Waals surface area contributed by atoms with E-state index in [1.807, 2.05) is 13.8 Å². The molecule has 1 heterocycles. The van der Waals surface area contributed by atoms with Gasteiger partial charge in [-0.15, -0.1) is 11.3 Å². The standard InChI is InChI=1S/C23H27ClN2O6S/c1-5-31-23(30)16-10-19(13(2)3)33-22(16)26-20(28)12-32-21(29)11-18(25-14(4)27)15-8-6-7-9-17(15)24/h6-10,13,18H,5,11-12H2,1-4H3,(H,25,27)(H,26,28)/t18-/m1/s1. The summed E-state index contributed by atoms with van der Waals surface area (Å²) >= 11 is 7.45. The number of esters is 2. The topological polar surface area (TPSA) is 111 Å². The summed E-state index contributed by atoms with van der Waals surface area (Å²) in [5.74, 6) is -2.01. The van der Waals surface area contributed by atoms with E-state index in [0.717, 1.165) is 4.88 Å². The average Bonchev–Trinajstić information content (AvgIpc) is 3.16. The van der Waals surface area contributed by atoms with Gasteiger partial charge in [0.05, 0.1) is 24.6 Å². The lowest BCUT2D eigenvalue weighted by Gasteiger charge is -2.18. The molecule has 10 heteroatoms. The summed E-state index contributed by atoms with van der Waals surface area (Å²) in [5.41, 5.74) is 0.823. The highest BCUT2D eigenvalue weighted by Gasteiger charge is 2.23. The number of halogens is 1. The summed E-state index contributed by atoms with van der Waals surface area (Å²) in [6.45, 7) is 6.62. The first-order valence-electron chi connectivity index (χ1n) is 10.4. The van der Waals surface area contributed by atoms with E-state index in [9.17, 15) is 19.2 Å². The van der Waals surface area contributed by atoms with Gasteiger partial charge in [0.2, 0.25) is 5.91 Å². The summed E-state index contributed by atoms with van der Waals surface area (Å²) in [6.07, 6.45) is -0.207. The van der Waals surface area contributed by atoms with Crippen molar-refractivity contribution >= 4 is 51.7 Å². The minimum Gasteiger partial charge on any atom is -0.462 e. The molecular weight excluding hydrogens is 468 g/mol. The van der Waals surface area contributed by atoms with Gasteiger partial charge in [-0.2, -0.15) is 0 Å². The number of benzene rings is 1. The van der Waals surface area contributed by atoms with Crippen molar-refractivity contribution in [1.82, 2.24) is 5.32 Å². The highest BCUT2D eigenvalue weighted by Crippen LogP contribution is 2.33. The maximum atomic E-state index is 12.4. The minimum atomic E-state index is -0.701. The Kier molecular flexibility index (Phi) is 9.87. The lowest BCUT2D eigenvalue weighted by molar-refractivity contribution is -0.148. The van der Waals surface area contributed by atoms with Crippen molar-refractivity contribution in [1.29, 1.82) is 0 Å². The van der Waals surface area contributed by atoms with Crippen LogP contribution in [0.3, 0.4) is 0 Å². The molecule has 0 aliphatic carbocycles. The molecule has 1 aromatic carbocycles. The Labute approximate surface area is 201 Å². The average molecular weight is 495 g/mol. The summed E-state index contributed by atoms with van der Waals surface area (Å²) in [7, 11) is 0. The van der Waals surface area contributed by atoms with Crippen molar-refractivity contribution in [3.8, 4) is 0 Å². The SMILES string of the molecule is CCOC(=O)c1cc(C(C)C)sc1NC(=O)COC(=O)C[C@@H](NC(C)=O)c1ccccc1Cl. The molecule has 1 aromatic heterocycles. The third kappa shape index (κ3) is 7.87. The Morgan fingerprint density at radius 2 is 1.82 bits per heavy atom. The fraction of sp³-hybridized carbons (Fsp3) is 0.391. The van der Waals surface area contributed by atoms with Crippen LogP contribution in [0.2, 0.25) is 5.02 Å². The molecule has 1 atom stereocenters. The fourth-order valence-electron chi connectivity index (χ4n) is 2.92. The predicted molar refractivity (Wildman–Crippen MR) is 127 cm³/mol. The highest BCUT2D eigenvalue weighted by atomic mass is 35.5. The number of hydrogen-bond acceptors (Lipinski definition) is 7. The van der Waals surface area contributed by atoms with Crippen LogP contribution in [0.1, 0.15) is 66.9 Å². The van der Waals surface area contributed by atoms with Crippen LogP contribution < -0.4 is 10.6 Å². The number of anilines is 1. The molecule has 0 spiro atoms. The molecule has 178 valence electrons. The van der Waals surface area contributed by atoms with Crippen LogP contribution in [0.4, 0.5) is 5.00 Å². The summed E-state index contributed by atoms with van der Waals surface area (Å²) < 4.78 is 10.1. The first-order chi connectivity index (χ1) is 15.6. The zero-order valence-electron chi connectivity index (χ0n) is 18.9. The van der Waals surface area contributed by atoms with Crippen molar-refractivity contribution < 1.29 is 28.7 Å². The Hall–Kier alpha value is -2.91. The summed E-state index contributed by atoms with van der Waals surface area (Å²) in [5, 5.41) is 6.02. The largest absolute Gasteiger partial charge is 0.462 e. The van der Waals surface area contributed by atoms with Gasteiger partial charge in [0.25, 0.3) is 5.91 Å². The third-order valence-electron chi connectivity index (χ3n) is 4.46. The summed E-state index contributed by atoms with van der Waals surface area (Å²) in [6, 6.07) is 7.81. The molecule has 0 saturated carbocycles. The molecule has 0 aliphatic heterocycles. The molecule has 2 aromatic rings. The Balaban J connectivity index is 2.02. The van der Waals surface area contributed by atoms with Crippen LogP contribution in [-0.2, 0) is 23.9 Å². The van der Waals surface area contributed by atoms with Gasteiger partial charge in [0.15, 0.2) is 6.61 Å². The Morgan fingerprint density at radius 3 is 2.42 bits per heavy atom. The molecule has 2 rings (SSSR count). The first-order valence-corrected chi connectivity index (χ1v) is 11.6. The van der Waals surface area contributed by atoms with Crippen LogP contribution in [0.25, 0.3) is 0 Å². The molecule has 0 fully saturated rings. The molecular formula is C23H27ClN2O6S. The van der Waals surface area contributed by atoms with Crippen molar-refractivity contribution in [2.45, 2.75) is 46.1 Å². The number of ether oxygens (including phenoxy) is 2. The van der Waals surface area contributed by atoms with E-state index < -0.39 is 30.5 Å². The first kappa shape index (κ1) is 26.3. The van der Waals surface area contributed by atoms with E-state index in [1.54, 1.807) is 37.3 Å². The van der Waals surface area contributed by atoms with Crippen molar-refractivity contribution in [2.75, 3.05) is 18.5 Å². The number of thiophene rings is 1. The monoisotopic (exact) mass is 494 g/mol. The predicted octanol–water partition coefficient (Wildman–Crippen LogP) is 4.45. The van der Waals surface area contributed by atoms with Crippen molar-refractivity contribution in [3.63, 3.8) is 0 Å². The fourth-order valence-corrected chi connectivity index (χ4v) is 4.26. The lowest BCUT2D eigenvalue weighted by atomic mass is 10.0. The van der Waals surface area contributed by atoms with Gasteiger partial charge in [0, 0.05) is 16.8 Å². The smallest absolute Gasteiger partial charge is 0.341 e. The van der Waals surface area contributed by atoms with Crippen LogP contribution in [0.5, 0.6) is 0 Å². The van der Waals surface area contributed by atoms with Gasteiger partial charge >= 0.3 is 11.9 Å². The molecule has 0 aliphatic rings. The number of rotatable bonds is 10. The number of amides is 2. The molecule has 33 heavy (non-hydrogen) atoms.